The summed E-state index contributed by atoms with van der Waals surface area (Å²) >= 11 is 0. The number of nitrogens with zero attached hydrogens (tertiary/aromatic N) is 2. The van der Waals surface area contributed by atoms with Crippen LogP contribution < -0.4 is 0 Å². The van der Waals surface area contributed by atoms with E-state index in [2.05, 4.69) is 18.2 Å². The minimum Gasteiger partial charge on any atom is -0.389 e. The highest BCUT2D eigenvalue weighted by molar-refractivity contribution is 5.82. The van der Waals surface area contributed by atoms with Gasteiger partial charge in [-0.15, -0.1) is 0 Å². The van der Waals surface area contributed by atoms with Crippen LogP contribution in [0.5, 0.6) is 0 Å². The van der Waals surface area contributed by atoms with Crippen LogP contribution in [-0.4, -0.2) is 71.8 Å². The maximum Gasteiger partial charge on any atom is 0.228 e. The van der Waals surface area contributed by atoms with E-state index in [0.29, 0.717) is 32.5 Å². The van der Waals surface area contributed by atoms with E-state index >= 15 is 0 Å². The molecule has 7 heteroatoms. The van der Waals surface area contributed by atoms with Crippen LogP contribution in [-0.2, 0) is 33.8 Å². The molecule has 3 atom stereocenters. The highest BCUT2D eigenvalue weighted by atomic mass is 19.1. The molecular formula is C21H27FN2O4. The molecule has 2 aliphatic heterocycles. The van der Waals surface area contributed by atoms with Gasteiger partial charge in [-0.2, -0.15) is 0 Å². The number of halogens is 1. The van der Waals surface area contributed by atoms with Crippen molar-refractivity contribution in [2.45, 2.75) is 44.6 Å². The summed E-state index contributed by atoms with van der Waals surface area (Å²) in [6, 6.07) is 6.30. The topological polar surface area (TPSA) is 70.1 Å². The molecule has 2 heterocycles. The van der Waals surface area contributed by atoms with Gasteiger partial charge in [0, 0.05) is 32.6 Å². The summed E-state index contributed by atoms with van der Waals surface area (Å²) < 4.78 is 18.7. The molecule has 0 radical (unpaired) electrons. The summed E-state index contributed by atoms with van der Waals surface area (Å²) in [6.07, 6.45) is 0.350. The number of β-amino-alcohol motifs (C(OH)–C–C–N with tert-alkyl or cyclic N) is 1. The predicted octanol–water partition coefficient (Wildman–Crippen LogP) is 1.08. The van der Waals surface area contributed by atoms with Crippen molar-refractivity contribution < 1.29 is 23.8 Å². The predicted molar refractivity (Wildman–Crippen MR) is 100 cm³/mol. The molecule has 1 saturated carbocycles. The number of amides is 2. The highest BCUT2D eigenvalue weighted by Gasteiger charge is 2.46. The van der Waals surface area contributed by atoms with Crippen LogP contribution in [0.1, 0.15) is 29.5 Å². The number of alkyl halides is 1. The van der Waals surface area contributed by atoms with Crippen LogP contribution in [0.3, 0.4) is 0 Å². The Morgan fingerprint density at radius 3 is 2.71 bits per heavy atom. The van der Waals surface area contributed by atoms with Crippen LogP contribution >= 0.6 is 0 Å². The Labute approximate surface area is 164 Å². The number of carbonyl (C=O) groups is 2. The summed E-state index contributed by atoms with van der Waals surface area (Å²) in [5.41, 5.74) is 3.61. The summed E-state index contributed by atoms with van der Waals surface area (Å²) in [6.45, 7) is 2.49. The van der Waals surface area contributed by atoms with Crippen LogP contribution in [0.4, 0.5) is 4.39 Å². The van der Waals surface area contributed by atoms with Gasteiger partial charge in [0.1, 0.15) is 6.17 Å². The van der Waals surface area contributed by atoms with Gasteiger partial charge in [-0.25, -0.2) is 4.39 Å². The van der Waals surface area contributed by atoms with Gasteiger partial charge in [-0.05, 0) is 36.0 Å². The Balaban J connectivity index is 1.31. The number of aliphatic hydroxyl groups is 1. The largest absolute Gasteiger partial charge is 0.389 e. The smallest absolute Gasteiger partial charge is 0.228 e. The van der Waals surface area contributed by atoms with Crippen LogP contribution in [0, 0.1) is 5.92 Å². The summed E-state index contributed by atoms with van der Waals surface area (Å²) in [7, 11) is 0. The van der Waals surface area contributed by atoms with Gasteiger partial charge in [0.15, 0.2) is 0 Å². The molecule has 2 amide bonds. The first-order valence-corrected chi connectivity index (χ1v) is 10.1. The number of carbonyl (C=O) groups excluding carboxylic acids is 2. The third-order valence-corrected chi connectivity index (χ3v) is 5.87. The number of benzene rings is 1. The van der Waals surface area contributed by atoms with Gasteiger partial charge in [-0.1, -0.05) is 18.2 Å². The number of hydrogen-bond acceptors (Lipinski definition) is 4. The number of fused-ring (bicyclic) bond motifs is 1. The number of hydrogen-bond donors (Lipinski definition) is 1. The van der Waals surface area contributed by atoms with E-state index in [1.54, 1.807) is 4.90 Å². The fourth-order valence-electron chi connectivity index (χ4n) is 4.06. The number of rotatable bonds is 4. The second-order valence-corrected chi connectivity index (χ2v) is 8.04. The van der Waals surface area contributed by atoms with Crippen molar-refractivity contribution in [3.05, 3.63) is 34.9 Å². The average molecular weight is 390 g/mol. The van der Waals surface area contributed by atoms with Crippen molar-refractivity contribution in [3.63, 3.8) is 0 Å². The Morgan fingerprint density at radius 1 is 1.18 bits per heavy atom. The molecule has 2 fully saturated rings. The molecule has 0 spiro atoms. The SMILES string of the molecule is O=C(CCc1ccc2c(c1)COCC2)N1CCN(C(=O)[C@@H]2C[C@H]2F)CC(O)C1. The summed E-state index contributed by atoms with van der Waals surface area (Å²) in [5, 5.41) is 10.2. The van der Waals surface area contributed by atoms with Gasteiger partial charge >= 0.3 is 0 Å². The zero-order valence-corrected chi connectivity index (χ0v) is 16.0. The normalized spacial score (nSPS) is 27.1. The minimum absolute atomic E-state index is 0.0305. The lowest BCUT2D eigenvalue weighted by molar-refractivity contribution is -0.134. The van der Waals surface area contributed by atoms with E-state index in [9.17, 15) is 19.1 Å². The minimum atomic E-state index is -1.05. The number of aliphatic hydroxyl groups excluding tert-OH is 1. The average Bonchev–Trinajstić information content (AvgIpc) is 3.46. The maximum absolute atomic E-state index is 13.2. The van der Waals surface area contributed by atoms with Crippen molar-refractivity contribution in [1.82, 2.24) is 9.80 Å². The van der Waals surface area contributed by atoms with Gasteiger partial charge < -0.3 is 19.6 Å². The van der Waals surface area contributed by atoms with E-state index in [-0.39, 0.29) is 31.3 Å². The van der Waals surface area contributed by atoms with Gasteiger partial charge in [0.2, 0.25) is 11.8 Å². The van der Waals surface area contributed by atoms with Crippen molar-refractivity contribution in [2.24, 2.45) is 5.92 Å². The second kappa shape index (κ2) is 8.17. The van der Waals surface area contributed by atoms with E-state index in [1.165, 1.54) is 16.0 Å². The molecule has 3 aliphatic rings. The Kier molecular flexibility index (Phi) is 5.64. The first kappa shape index (κ1) is 19.3. The zero-order valence-electron chi connectivity index (χ0n) is 16.0. The van der Waals surface area contributed by atoms with Crippen molar-refractivity contribution in [3.8, 4) is 0 Å². The van der Waals surface area contributed by atoms with E-state index < -0.39 is 18.2 Å². The Hall–Kier alpha value is -1.99. The summed E-state index contributed by atoms with van der Waals surface area (Å²) in [5.74, 6) is -0.823. The molecular weight excluding hydrogens is 363 g/mol. The van der Waals surface area contributed by atoms with Gasteiger partial charge in [0.05, 0.1) is 25.2 Å². The van der Waals surface area contributed by atoms with Gasteiger partial charge in [-0.3, -0.25) is 9.59 Å². The van der Waals surface area contributed by atoms with Crippen molar-refractivity contribution >= 4 is 11.8 Å². The van der Waals surface area contributed by atoms with Crippen LogP contribution in [0.15, 0.2) is 18.2 Å². The Bertz CT molecular complexity index is 756. The van der Waals surface area contributed by atoms with Crippen molar-refractivity contribution in [2.75, 3.05) is 32.8 Å². The lowest BCUT2D eigenvalue weighted by atomic mass is 9.98. The van der Waals surface area contributed by atoms with Gasteiger partial charge in [0.25, 0.3) is 0 Å². The molecule has 4 rings (SSSR count). The quantitative estimate of drug-likeness (QED) is 0.835. The first-order valence-electron chi connectivity index (χ1n) is 10.1. The summed E-state index contributed by atoms with van der Waals surface area (Å²) in [4.78, 5) is 28.0. The molecule has 1 saturated heterocycles. The van der Waals surface area contributed by atoms with E-state index in [0.717, 1.165) is 18.6 Å². The van der Waals surface area contributed by atoms with Crippen LogP contribution in [0.2, 0.25) is 0 Å². The second-order valence-electron chi connectivity index (χ2n) is 8.04. The number of aryl methyl sites for hydroxylation is 1. The lowest BCUT2D eigenvalue weighted by Crippen LogP contribution is -2.39. The van der Waals surface area contributed by atoms with E-state index in [1.807, 2.05) is 0 Å². The number of ether oxygens (including phenoxy) is 1. The monoisotopic (exact) mass is 390 g/mol. The fraction of sp³-hybridized carbons (Fsp3) is 0.619. The fourth-order valence-corrected chi connectivity index (χ4v) is 4.06. The van der Waals surface area contributed by atoms with E-state index in [4.69, 9.17) is 4.74 Å². The third kappa shape index (κ3) is 4.36. The molecule has 1 unspecified atom stereocenters. The molecule has 1 aromatic rings. The molecule has 6 nitrogen and oxygen atoms in total. The standard InChI is InChI=1S/C21H27FN2O4/c22-19-10-18(19)21(27)24-7-6-23(11-17(25)12-24)20(26)4-2-14-1-3-15-5-8-28-13-16(15)9-14/h1,3,9,17-19,25H,2,4-8,10-13H2/t17?,18-,19-/m1/s1. The lowest BCUT2D eigenvalue weighted by Gasteiger charge is -2.22. The first-order chi connectivity index (χ1) is 13.5. The Morgan fingerprint density at radius 2 is 1.93 bits per heavy atom. The molecule has 28 heavy (non-hydrogen) atoms. The maximum atomic E-state index is 13.2. The molecule has 0 aromatic heterocycles. The molecule has 0 bridgehead atoms. The molecule has 1 aromatic carbocycles. The highest BCUT2D eigenvalue weighted by Crippen LogP contribution is 2.35. The van der Waals surface area contributed by atoms with Crippen molar-refractivity contribution in [1.29, 1.82) is 0 Å². The van der Waals surface area contributed by atoms with Crippen LogP contribution in [0.25, 0.3) is 0 Å². The molecule has 1 N–H and O–H groups in total. The zero-order chi connectivity index (χ0) is 19.7. The molecule has 152 valence electrons. The molecule has 1 aliphatic carbocycles. The third-order valence-electron chi connectivity index (χ3n) is 5.87.